The van der Waals surface area contributed by atoms with Gasteiger partial charge in [0.1, 0.15) is 10.9 Å². The molecule has 2 aromatic carbocycles. The maximum Gasteiger partial charge on any atom is 0.312 e. The number of hydrogen-bond donors (Lipinski definition) is 5. The lowest BCUT2D eigenvalue weighted by atomic mass is 10.2. The minimum absolute atomic E-state index is 0.0910. The molecule has 0 bridgehead atoms. The van der Waals surface area contributed by atoms with Gasteiger partial charge in [0.2, 0.25) is 0 Å². The Bertz CT molecular complexity index is 1080. The zero-order valence-electron chi connectivity index (χ0n) is 15.4. The number of hydrazine groups is 1. The largest absolute Gasteiger partial charge is 0.352 e. The Kier molecular flexibility index (Phi) is 7.48. The molecular weight excluding hydrogens is 457 g/mol. The molecule has 2 rings (SSSR count). The molecule has 0 heterocycles. The van der Waals surface area contributed by atoms with E-state index in [4.69, 9.17) is 28.9 Å². The number of primary amides is 1. The topological polar surface area (TPSA) is 159 Å². The summed E-state index contributed by atoms with van der Waals surface area (Å²) in [5, 5.41) is 2.44. The van der Waals surface area contributed by atoms with Crippen molar-refractivity contribution in [2.45, 2.75) is 17.9 Å². The van der Waals surface area contributed by atoms with Crippen molar-refractivity contribution in [3.05, 3.63) is 58.1 Å². The molecule has 0 aromatic heterocycles. The minimum atomic E-state index is -4.12. The van der Waals surface area contributed by atoms with E-state index in [2.05, 4.69) is 20.9 Å². The first kappa shape index (κ1) is 23.3. The van der Waals surface area contributed by atoms with E-state index in [0.29, 0.717) is 5.02 Å². The average Bonchev–Trinajstić information content (AvgIpc) is 2.67. The van der Waals surface area contributed by atoms with E-state index < -0.39 is 33.9 Å². The molecule has 13 heteroatoms. The quantitative estimate of drug-likeness (QED) is 0.402. The fourth-order valence-corrected chi connectivity index (χ4v) is 3.87. The number of nitrogens with one attached hydrogen (secondary N) is 4. The van der Waals surface area contributed by atoms with E-state index in [1.54, 1.807) is 0 Å². The lowest BCUT2D eigenvalue weighted by Crippen LogP contribution is -2.52. The molecule has 0 aliphatic rings. The molecule has 0 aliphatic carbocycles. The molecule has 0 fully saturated rings. The van der Waals surface area contributed by atoms with Gasteiger partial charge in [-0.3, -0.25) is 25.2 Å². The maximum atomic E-state index is 12.7. The SMILES string of the molecule is C[C@@H](NC(N)=O)C(=O)NNC(=O)c1ccc(Cl)c(S(=O)(=O)Nc2ccc(Cl)cc2)c1. The van der Waals surface area contributed by atoms with Gasteiger partial charge in [-0.25, -0.2) is 13.2 Å². The molecule has 0 aliphatic heterocycles. The van der Waals surface area contributed by atoms with Crippen molar-refractivity contribution in [3.8, 4) is 0 Å². The highest BCUT2D eigenvalue weighted by Crippen LogP contribution is 2.25. The third kappa shape index (κ3) is 6.24. The predicted octanol–water partition coefficient (Wildman–Crippen LogP) is 1.61. The second kappa shape index (κ2) is 9.65. The maximum absolute atomic E-state index is 12.7. The first-order chi connectivity index (χ1) is 14.0. The van der Waals surface area contributed by atoms with Crippen molar-refractivity contribution < 1.29 is 22.8 Å². The number of halogens is 2. The van der Waals surface area contributed by atoms with Gasteiger partial charge in [0.05, 0.1) is 5.02 Å². The van der Waals surface area contributed by atoms with Crippen LogP contribution in [0.4, 0.5) is 10.5 Å². The molecule has 4 amide bonds. The van der Waals surface area contributed by atoms with Crippen LogP contribution in [-0.4, -0.2) is 32.3 Å². The zero-order valence-corrected chi connectivity index (χ0v) is 17.7. The number of hydrogen-bond acceptors (Lipinski definition) is 5. The first-order valence-electron chi connectivity index (χ1n) is 8.23. The molecule has 0 radical (unpaired) electrons. The summed E-state index contributed by atoms with van der Waals surface area (Å²) in [5.41, 5.74) is 9.25. The average molecular weight is 474 g/mol. The predicted molar refractivity (Wildman–Crippen MR) is 112 cm³/mol. The molecule has 0 saturated heterocycles. The van der Waals surface area contributed by atoms with Gasteiger partial charge in [-0.05, 0) is 49.4 Å². The molecule has 160 valence electrons. The zero-order chi connectivity index (χ0) is 22.5. The molecule has 0 unspecified atom stereocenters. The van der Waals surface area contributed by atoms with Crippen LogP contribution >= 0.6 is 23.2 Å². The summed E-state index contributed by atoms with van der Waals surface area (Å²) in [7, 11) is -4.12. The van der Waals surface area contributed by atoms with Gasteiger partial charge in [0.15, 0.2) is 0 Å². The molecule has 2 aromatic rings. The van der Waals surface area contributed by atoms with E-state index in [-0.39, 0.29) is 21.2 Å². The van der Waals surface area contributed by atoms with E-state index >= 15 is 0 Å². The smallest absolute Gasteiger partial charge is 0.312 e. The number of carbonyl (C=O) groups is 3. The van der Waals surface area contributed by atoms with Gasteiger partial charge in [-0.1, -0.05) is 23.2 Å². The van der Waals surface area contributed by atoms with Gasteiger partial charge in [0.25, 0.3) is 21.8 Å². The van der Waals surface area contributed by atoms with Gasteiger partial charge >= 0.3 is 6.03 Å². The molecule has 1 atom stereocenters. The Morgan fingerprint density at radius 2 is 1.63 bits per heavy atom. The van der Waals surface area contributed by atoms with Crippen LogP contribution < -0.4 is 26.6 Å². The highest BCUT2D eigenvalue weighted by atomic mass is 35.5. The number of amides is 4. The van der Waals surface area contributed by atoms with Crippen molar-refractivity contribution in [1.29, 1.82) is 0 Å². The number of benzene rings is 2. The van der Waals surface area contributed by atoms with Crippen molar-refractivity contribution in [2.75, 3.05) is 4.72 Å². The molecular formula is C17H17Cl2N5O5S. The van der Waals surface area contributed by atoms with E-state index in [0.717, 1.165) is 6.07 Å². The summed E-state index contributed by atoms with van der Waals surface area (Å²) >= 11 is 11.8. The normalized spacial score (nSPS) is 11.8. The van der Waals surface area contributed by atoms with Crippen LogP contribution in [0.3, 0.4) is 0 Å². The number of sulfonamides is 1. The highest BCUT2D eigenvalue weighted by Gasteiger charge is 2.21. The summed E-state index contributed by atoms with van der Waals surface area (Å²) < 4.78 is 27.6. The summed E-state index contributed by atoms with van der Waals surface area (Å²) in [4.78, 5) is 34.5. The number of urea groups is 1. The highest BCUT2D eigenvalue weighted by molar-refractivity contribution is 7.92. The molecule has 0 saturated carbocycles. The Morgan fingerprint density at radius 3 is 2.23 bits per heavy atom. The van der Waals surface area contributed by atoms with E-state index in [1.165, 1.54) is 43.3 Å². The van der Waals surface area contributed by atoms with Crippen LogP contribution in [0.5, 0.6) is 0 Å². The molecule has 10 nitrogen and oxygen atoms in total. The monoisotopic (exact) mass is 473 g/mol. The number of rotatable bonds is 6. The third-order valence-electron chi connectivity index (χ3n) is 3.63. The minimum Gasteiger partial charge on any atom is -0.352 e. The molecule has 30 heavy (non-hydrogen) atoms. The summed E-state index contributed by atoms with van der Waals surface area (Å²) in [5.74, 6) is -1.55. The van der Waals surface area contributed by atoms with Crippen LogP contribution in [0.25, 0.3) is 0 Å². The van der Waals surface area contributed by atoms with Crippen LogP contribution in [0.1, 0.15) is 17.3 Å². The molecule has 6 N–H and O–H groups in total. The summed E-state index contributed by atoms with van der Waals surface area (Å²) in [6, 6.07) is 7.55. The number of anilines is 1. The van der Waals surface area contributed by atoms with Crippen LogP contribution in [-0.2, 0) is 14.8 Å². The first-order valence-corrected chi connectivity index (χ1v) is 10.5. The lowest BCUT2D eigenvalue weighted by molar-refractivity contribution is -0.123. The van der Waals surface area contributed by atoms with Gasteiger partial charge in [-0.15, -0.1) is 0 Å². The standard InChI is InChI=1S/C17H17Cl2N5O5S/c1-9(21-17(20)27)15(25)22-23-16(26)10-2-7-13(19)14(8-10)30(28,29)24-12-5-3-11(18)4-6-12/h2-9,24H,1H3,(H,22,25)(H,23,26)(H3,20,21,27)/t9-/m1/s1. The van der Waals surface area contributed by atoms with Crippen molar-refractivity contribution in [3.63, 3.8) is 0 Å². The fraction of sp³-hybridized carbons (Fsp3) is 0.118. The van der Waals surface area contributed by atoms with E-state index in [1.807, 2.05) is 0 Å². The second-order valence-electron chi connectivity index (χ2n) is 5.93. The number of carbonyl (C=O) groups excluding carboxylic acids is 3. The van der Waals surface area contributed by atoms with Crippen LogP contribution in [0.2, 0.25) is 10.0 Å². The van der Waals surface area contributed by atoms with Crippen LogP contribution in [0.15, 0.2) is 47.4 Å². The van der Waals surface area contributed by atoms with Gasteiger partial charge in [0, 0.05) is 16.3 Å². The second-order valence-corrected chi connectivity index (χ2v) is 8.43. The number of nitrogens with two attached hydrogens (primary N) is 1. The van der Waals surface area contributed by atoms with Crippen molar-refractivity contribution in [1.82, 2.24) is 16.2 Å². The Labute approximate surface area is 182 Å². The Morgan fingerprint density at radius 1 is 1.00 bits per heavy atom. The van der Waals surface area contributed by atoms with E-state index in [9.17, 15) is 22.8 Å². The van der Waals surface area contributed by atoms with Gasteiger partial charge < -0.3 is 11.1 Å². The fourth-order valence-electron chi connectivity index (χ4n) is 2.16. The lowest BCUT2D eigenvalue weighted by Gasteiger charge is -2.14. The van der Waals surface area contributed by atoms with Crippen molar-refractivity contribution >= 4 is 56.8 Å². The molecule has 0 spiro atoms. The summed E-state index contributed by atoms with van der Waals surface area (Å²) in [6.07, 6.45) is 0. The Hall–Kier alpha value is -3.02. The van der Waals surface area contributed by atoms with Crippen LogP contribution in [0, 0.1) is 0 Å². The Balaban J connectivity index is 2.15. The van der Waals surface area contributed by atoms with Crippen molar-refractivity contribution in [2.24, 2.45) is 5.73 Å². The third-order valence-corrected chi connectivity index (χ3v) is 5.75. The summed E-state index contributed by atoms with van der Waals surface area (Å²) in [6.45, 7) is 1.35. The van der Waals surface area contributed by atoms with Gasteiger partial charge in [-0.2, -0.15) is 0 Å².